The van der Waals surface area contributed by atoms with Crippen LogP contribution < -0.4 is 11.1 Å². The van der Waals surface area contributed by atoms with E-state index in [2.05, 4.69) is 57.8 Å². The van der Waals surface area contributed by atoms with E-state index in [1.54, 1.807) is 0 Å². The van der Waals surface area contributed by atoms with Crippen molar-refractivity contribution in [3.63, 3.8) is 0 Å². The average molecular weight is 517 g/mol. The molecule has 0 bridgehead atoms. The first kappa shape index (κ1) is 37.2. The highest BCUT2D eigenvalue weighted by Crippen LogP contribution is 2.24. The standard InChI is InChI=1S/C20H36N2.C11H20O.C2H4O/c1-4-17(2)16-19-18(3)12-11-13-20(19)22-15-10-8-6-5-7-9-14-21;1-5-6-11(12)8-7-10(4)9(2)3;1-2-3/h11-13,17,22H,4-10,14-16,21H2,1-3H3;10H,2,5-8H2,1,3-4H3;2H,1H3. The van der Waals surface area contributed by atoms with Crippen molar-refractivity contribution >= 4 is 17.8 Å². The van der Waals surface area contributed by atoms with E-state index in [9.17, 15) is 4.79 Å². The van der Waals surface area contributed by atoms with Crippen LogP contribution in [0.4, 0.5) is 5.69 Å². The molecule has 1 rings (SSSR count). The number of hydrogen-bond donors (Lipinski definition) is 2. The largest absolute Gasteiger partial charge is 0.385 e. The van der Waals surface area contributed by atoms with Gasteiger partial charge in [-0.2, -0.15) is 0 Å². The number of anilines is 1. The number of carbonyl (C=O) groups excluding carboxylic acids is 2. The van der Waals surface area contributed by atoms with Gasteiger partial charge in [0.05, 0.1) is 0 Å². The maximum Gasteiger partial charge on any atom is 0.132 e. The van der Waals surface area contributed by atoms with Crippen molar-refractivity contribution in [3.8, 4) is 0 Å². The highest BCUT2D eigenvalue weighted by atomic mass is 16.1. The maximum absolute atomic E-state index is 11.1. The fraction of sp³-hybridized carbons (Fsp3) is 0.697. The second-order valence-electron chi connectivity index (χ2n) is 10.5. The molecule has 0 aliphatic heterocycles. The molecule has 0 aliphatic carbocycles. The van der Waals surface area contributed by atoms with E-state index < -0.39 is 0 Å². The van der Waals surface area contributed by atoms with Crippen LogP contribution in [0.5, 0.6) is 0 Å². The van der Waals surface area contributed by atoms with E-state index in [0.717, 1.165) is 51.0 Å². The van der Waals surface area contributed by atoms with Crippen molar-refractivity contribution in [2.75, 3.05) is 18.4 Å². The van der Waals surface area contributed by atoms with Gasteiger partial charge in [-0.1, -0.05) is 84.1 Å². The van der Waals surface area contributed by atoms with Crippen LogP contribution in [0.2, 0.25) is 0 Å². The summed E-state index contributed by atoms with van der Waals surface area (Å²) in [4.78, 5) is 19.9. The Bertz CT molecular complexity index is 714. The highest BCUT2D eigenvalue weighted by Gasteiger charge is 2.09. The molecule has 2 unspecified atom stereocenters. The summed E-state index contributed by atoms with van der Waals surface area (Å²) in [6, 6.07) is 6.65. The van der Waals surface area contributed by atoms with Gasteiger partial charge in [0.2, 0.25) is 0 Å². The van der Waals surface area contributed by atoms with Crippen molar-refractivity contribution in [3.05, 3.63) is 41.5 Å². The lowest BCUT2D eigenvalue weighted by atomic mass is 9.94. The molecular formula is C33H60N2O2. The molecule has 0 spiro atoms. The molecule has 214 valence electrons. The van der Waals surface area contributed by atoms with Gasteiger partial charge in [-0.05, 0) is 88.4 Å². The normalized spacial score (nSPS) is 11.8. The molecule has 1 aromatic rings. The molecule has 37 heavy (non-hydrogen) atoms. The number of ketones is 1. The molecular weight excluding hydrogens is 456 g/mol. The van der Waals surface area contributed by atoms with E-state index in [1.807, 2.05) is 13.8 Å². The van der Waals surface area contributed by atoms with Gasteiger partial charge < -0.3 is 15.8 Å². The molecule has 3 N–H and O–H groups in total. The van der Waals surface area contributed by atoms with Crippen LogP contribution in [0.15, 0.2) is 30.4 Å². The molecule has 0 aromatic heterocycles. The zero-order valence-electron chi connectivity index (χ0n) is 25.5. The molecule has 0 aliphatic rings. The molecule has 2 atom stereocenters. The Morgan fingerprint density at radius 1 is 1.05 bits per heavy atom. The summed E-state index contributed by atoms with van der Waals surface area (Å²) in [6.07, 6.45) is 14.3. The maximum atomic E-state index is 11.1. The number of aryl methyl sites for hydroxylation is 1. The highest BCUT2D eigenvalue weighted by molar-refractivity contribution is 5.78. The predicted molar refractivity (Wildman–Crippen MR) is 164 cm³/mol. The van der Waals surface area contributed by atoms with Crippen LogP contribution in [0.25, 0.3) is 0 Å². The Labute approximate surface area is 230 Å². The van der Waals surface area contributed by atoms with Crippen molar-refractivity contribution in [1.82, 2.24) is 0 Å². The zero-order valence-corrected chi connectivity index (χ0v) is 25.5. The number of nitrogens with one attached hydrogen (secondary N) is 1. The molecule has 0 heterocycles. The third-order valence-electron chi connectivity index (χ3n) is 6.83. The van der Waals surface area contributed by atoms with Crippen LogP contribution in [-0.2, 0) is 16.0 Å². The Kier molecular flexibility index (Phi) is 25.8. The summed E-state index contributed by atoms with van der Waals surface area (Å²) in [7, 11) is 0. The minimum absolute atomic E-state index is 0.394. The molecule has 4 nitrogen and oxygen atoms in total. The van der Waals surface area contributed by atoms with Gasteiger partial charge in [-0.25, -0.2) is 0 Å². The number of allylic oxidation sites excluding steroid dienone is 1. The number of nitrogens with two attached hydrogens (primary N) is 1. The van der Waals surface area contributed by atoms with Gasteiger partial charge in [0, 0.05) is 25.1 Å². The van der Waals surface area contributed by atoms with Crippen LogP contribution in [0.1, 0.15) is 123 Å². The van der Waals surface area contributed by atoms with E-state index >= 15 is 0 Å². The topological polar surface area (TPSA) is 72.2 Å². The van der Waals surface area contributed by atoms with Gasteiger partial charge in [0.15, 0.2) is 0 Å². The Hall–Kier alpha value is -1.94. The SMILES string of the molecule is C=C(C)C(C)CCC(=O)CCC.CC=O.CCC(C)Cc1c(C)cccc1NCCCCCCCCN. The first-order valence-corrected chi connectivity index (χ1v) is 14.8. The first-order valence-electron chi connectivity index (χ1n) is 14.8. The number of rotatable bonds is 18. The minimum Gasteiger partial charge on any atom is -0.385 e. The molecule has 0 amide bonds. The number of unbranched alkanes of at least 4 members (excludes halogenated alkanes) is 5. The first-order chi connectivity index (χ1) is 17.7. The van der Waals surface area contributed by atoms with Gasteiger partial charge in [-0.3, -0.25) is 4.79 Å². The van der Waals surface area contributed by atoms with Gasteiger partial charge in [0.1, 0.15) is 12.1 Å². The van der Waals surface area contributed by atoms with Crippen LogP contribution in [0, 0.1) is 18.8 Å². The fourth-order valence-corrected chi connectivity index (χ4v) is 3.86. The van der Waals surface area contributed by atoms with Gasteiger partial charge in [0.25, 0.3) is 0 Å². The lowest BCUT2D eigenvalue weighted by molar-refractivity contribution is -0.119. The third kappa shape index (κ3) is 21.8. The molecule has 0 saturated heterocycles. The zero-order chi connectivity index (χ0) is 28.5. The Morgan fingerprint density at radius 2 is 1.65 bits per heavy atom. The van der Waals surface area contributed by atoms with E-state index in [1.165, 1.54) is 80.7 Å². The molecule has 4 heteroatoms. The van der Waals surface area contributed by atoms with Gasteiger partial charge in [-0.15, -0.1) is 0 Å². The number of Topliss-reactive ketones (excluding diaryl/α,β-unsaturated/α-hetero) is 1. The number of benzene rings is 1. The van der Waals surface area contributed by atoms with Crippen molar-refractivity contribution in [2.24, 2.45) is 17.6 Å². The lowest BCUT2D eigenvalue weighted by Gasteiger charge is -2.17. The summed E-state index contributed by atoms with van der Waals surface area (Å²) in [5.41, 5.74) is 11.0. The smallest absolute Gasteiger partial charge is 0.132 e. The van der Waals surface area contributed by atoms with E-state index in [-0.39, 0.29) is 0 Å². The van der Waals surface area contributed by atoms with Crippen LogP contribution >= 0.6 is 0 Å². The van der Waals surface area contributed by atoms with Gasteiger partial charge >= 0.3 is 0 Å². The Morgan fingerprint density at radius 3 is 2.19 bits per heavy atom. The summed E-state index contributed by atoms with van der Waals surface area (Å²) in [5, 5.41) is 3.67. The molecule has 0 fully saturated rings. The number of hydrogen-bond acceptors (Lipinski definition) is 4. The van der Waals surface area contributed by atoms with E-state index in [4.69, 9.17) is 10.5 Å². The van der Waals surface area contributed by atoms with Crippen LogP contribution in [0.3, 0.4) is 0 Å². The summed E-state index contributed by atoms with van der Waals surface area (Å²) >= 11 is 0. The summed E-state index contributed by atoms with van der Waals surface area (Å²) < 4.78 is 0. The molecule has 0 radical (unpaired) electrons. The van der Waals surface area contributed by atoms with E-state index in [0.29, 0.717) is 11.7 Å². The van der Waals surface area contributed by atoms with Crippen LogP contribution in [-0.4, -0.2) is 25.2 Å². The third-order valence-corrected chi connectivity index (χ3v) is 6.83. The second-order valence-corrected chi connectivity index (χ2v) is 10.5. The van der Waals surface area contributed by atoms with Crippen molar-refractivity contribution in [2.45, 2.75) is 126 Å². The summed E-state index contributed by atoms with van der Waals surface area (Å²) in [5.74, 6) is 1.64. The molecule has 1 aromatic carbocycles. The number of carbonyl (C=O) groups is 2. The Balaban J connectivity index is 0. The monoisotopic (exact) mass is 516 g/mol. The average Bonchev–Trinajstić information content (AvgIpc) is 2.86. The fourth-order valence-electron chi connectivity index (χ4n) is 3.86. The molecule has 0 saturated carbocycles. The predicted octanol–water partition coefficient (Wildman–Crippen LogP) is 8.85. The lowest BCUT2D eigenvalue weighted by Crippen LogP contribution is -2.08. The number of aldehydes is 1. The summed E-state index contributed by atoms with van der Waals surface area (Å²) in [6.45, 7) is 20.3. The second kappa shape index (κ2) is 25.7. The van der Waals surface area contributed by atoms with Crippen molar-refractivity contribution in [1.29, 1.82) is 0 Å². The van der Waals surface area contributed by atoms with Crippen molar-refractivity contribution < 1.29 is 9.59 Å². The minimum atomic E-state index is 0.394. The quantitative estimate of drug-likeness (QED) is 0.116.